The van der Waals surface area contributed by atoms with Gasteiger partial charge in [0.25, 0.3) is 0 Å². The van der Waals surface area contributed by atoms with Crippen LogP contribution >= 0.6 is 11.6 Å². The lowest BCUT2D eigenvalue weighted by atomic mass is 10.0. The van der Waals surface area contributed by atoms with Crippen LogP contribution in [-0.2, 0) is 0 Å². The van der Waals surface area contributed by atoms with E-state index in [0.29, 0.717) is 16.3 Å². The van der Waals surface area contributed by atoms with Crippen LogP contribution in [0, 0.1) is 0 Å². The number of nitrogens with zero attached hydrogens (tertiary/aromatic N) is 1. The van der Waals surface area contributed by atoms with E-state index in [1.165, 1.54) is 12.1 Å². The van der Waals surface area contributed by atoms with Crippen molar-refractivity contribution in [3.05, 3.63) is 53.7 Å². The largest absolute Gasteiger partial charge is 0.508 e. The van der Waals surface area contributed by atoms with Crippen LogP contribution in [0.15, 0.2) is 53.2 Å². The number of hydrogen-bond acceptors (Lipinski definition) is 4. The maximum Gasteiger partial charge on any atom is 0.178 e. The first-order chi connectivity index (χ1) is 9.65. The molecule has 1 aromatic heterocycles. The van der Waals surface area contributed by atoms with Gasteiger partial charge >= 0.3 is 0 Å². The average Bonchev–Trinajstić information content (AvgIpc) is 2.88. The molecule has 5 heteroatoms. The molecule has 1 heterocycles. The van der Waals surface area contributed by atoms with Gasteiger partial charge in [-0.05, 0) is 29.8 Å². The molecule has 4 nitrogen and oxygen atoms in total. The van der Waals surface area contributed by atoms with E-state index in [9.17, 15) is 10.2 Å². The summed E-state index contributed by atoms with van der Waals surface area (Å²) in [7, 11) is 0. The molecular formula is C15H10ClNO3. The van der Waals surface area contributed by atoms with Crippen molar-refractivity contribution >= 4 is 11.6 Å². The quantitative estimate of drug-likeness (QED) is 0.745. The smallest absolute Gasteiger partial charge is 0.178 e. The van der Waals surface area contributed by atoms with E-state index < -0.39 is 0 Å². The molecule has 0 unspecified atom stereocenters. The number of hydrogen-bond donors (Lipinski definition) is 2. The molecule has 3 aromatic rings. The molecule has 0 bridgehead atoms. The zero-order chi connectivity index (χ0) is 14.1. The molecule has 0 radical (unpaired) electrons. The summed E-state index contributed by atoms with van der Waals surface area (Å²) in [6.07, 6.45) is 1.57. The normalized spacial score (nSPS) is 10.7. The Balaban J connectivity index is 2.12. The Kier molecular flexibility index (Phi) is 3.08. The van der Waals surface area contributed by atoms with E-state index in [2.05, 4.69) is 5.16 Å². The monoisotopic (exact) mass is 287 g/mol. The van der Waals surface area contributed by atoms with Crippen molar-refractivity contribution in [2.24, 2.45) is 0 Å². The average molecular weight is 288 g/mol. The third kappa shape index (κ3) is 2.21. The highest BCUT2D eigenvalue weighted by molar-refractivity contribution is 6.30. The van der Waals surface area contributed by atoms with E-state index in [1.54, 1.807) is 24.4 Å². The van der Waals surface area contributed by atoms with Gasteiger partial charge in [0, 0.05) is 16.7 Å². The van der Waals surface area contributed by atoms with Gasteiger partial charge in [-0.1, -0.05) is 28.9 Å². The zero-order valence-electron chi connectivity index (χ0n) is 10.2. The van der Waals surface area contributed by atoms with Gasteiger partial charge in [0.15, 0.2) is 5.76 Å². The van der Waals surface area contributed by atoms with Gasteiger partial charge in [0.05, 0.1) is 11.8 Å². The lowest BCUT2D eigenvalue weighted by molar-refractivity contribution is 0.424. The maximum atomic E-state index is 9.91. The number of halogens is 1. The Labute approximate surface area is 119 Å². The van der Waals surface area contributed by atoms with Crippen molar-refractivity contribution in [2.45, 2.75) is 0 Å². The molecule has 0 saturated carbocycles. The SMILES string of the molecule is Oc1ccc(-c2oncc2-c2ccc(Cl)cc2)c(O)c1. The van der Waals surface area contributed by atoms with Crippen LogP contribution in [0.4, 0.5) is 0 Å². The molecule has 100 valence electrons. The Morgan fingerprint density at radius 2 is 1.70 bits per heavy atom. The Bertz CT molecular complexity index is 750. The molecule has 0 aliphatic carbocycles. The predicted molar refractivity (Wildman–Crippen MR) is 75.7 cm³/mol. The molecule has 20 heavy (non-hydrogen) atoms. The van der Waals surface area contributed by atoms with Crippen molar-refractivity contribution < 1.29 is 14.7 Å². The van der Waals surface area contributed by atoms with Gasteiger partial charge in [0.2, 0.25) is 0 Å². The van der Waals surface area contributed by atoms with Crippen molar-refractivity contribution in [1.29, 1.82) is 0 Å². The Morgan fingerprint density at radius 1 is 0.950 bits per heavy atom. The minimum atomic E-state index is -0.0723. The number of rotatable bonds is 2. The molecule has 0 spiro atoms. The molecule has 0 aliphatic heterocycles. The fourth-order valence-corrected chi connectivity index (χ4v) is 2.11. The van der Waals surface area contributed by atoms with E-state index in [4.69, 9.17) is 16.1 Å². The number of aromatic nitrogens is 1. The molecule has 0 atom stereocenters. The molecule has 0 amide bonds. The summed E-state index contributed by atoms with van der Waals surface area (Å²) in [6.45, 7) is 0. The lowest BCUT2D eigenvalue weighted by Gasteiger charge is -2.04. The Morgan fingerprint density at radius 3 is 2.40 bits per heavy atom. The standard InChI is InChI=1S/C15H10ClNO3/c16-10-3-1-9(2-4-10)13-8-17-20-15(13)12-6-5-11(18)7-14(12)19/h1-8,18-19H. The van der Waals surface area contributed by atoms with Crippen LogP contribution in [0.2, 0.25) is 5.02 Å². The zero-order valence-corrected chi connectivity index (χ0v) is 11.0. The van der Waals surface area contributed by atoms with Crippen LogP contribution in [0.5, 0.6) is 11.5 Å². The first-order valence-electron chi connectivity index (χ1n) is 5.88. The number of phenols is 2. The second-order valence-corrected chi connectivity index (χ2v) is 4.71. The molecular weight excluding hydrogens is 278 g/mol. The van der Waals surface area contributed by atoms with Crippen molar-refractivity contribution in [2.75, 3.05) is 0 Å². The van der Waals surface area contributed by atoms with Gasteiger partial charge in [-0.3, -0.25) is 0 Å². The second kappa shape index (κ2) is 4.90. The van der Waals surface area contributed by atoms with Gasteiger partial charge in [-0.25, -0.2) is 0 Å². The van der Waals surface area contributed by atoms with Crippen LogP contribution in [-0.4, -0.2) is 15.4 Å². The van der Waals surface area contributed by atoms with Gasteiger partial charge < -0.3 is 14.7 Å². The highest BCUT2D eigenvalue weighted by Crippen LogP contribution is 2.38. The van der Waals surface area contributed by atoms with Crippen LogP contribution in [0.25, 0.3) is 22.5 Å². The van der Waals surface area contributed by atoms with Crippen LogP contribution in [0.3, 0.4) is 0 Å². The molecule has 0 saturated heterocycles. The van der Waals surface area contributed by atoms with Crippen molar-refractivity contribution in [1.82, 2.24) is 5.16 Å². The van der Waals surface area contributed by atoms with Crippen LogP contribution < -0.4 is 0 Å². The van der Waals surface area contributed by atoms with Gasteiger partial charge in [-0.2, -0.15) is 0 Å². The summed E-state index contributed by atoms with van der Waals surface area (Å²) in [5.41, 5.74) is 2.08. The third-order valence-electron chi connectivity index (χ3n) is 2.95. The first kappa shape index (κ1) is 12.6. The second-order valence-electron chi connectivity index (χ2n) is 4.28. The highest BCUT2D eigenvalue weighted by atomic mass is 35.5. The summed E-state index contributed by atoms with van der Waals surface area (Å²) in [6, 6.07) is 11.5. The first-order valence-corrected chi connectivity index (χ1v) is 6.26. The highest BCUT2D eigenvalue weighted by Gasteiger charge is 2.16. The summed E-state index contributed by atoms with van der Waals surface area (Å²) < 4.78 is 5.23. The topological polar surface area (TPSA) is 66.5 Å². The minimum absolute atomic E-state index is 0.0150. The summed E-state index contributed by atoms with van der Waals surface area (Å²) in [5, 5.41) is 23.7. The third-order valence-corrected chi connectivity index (χ3v) is 3.20. The molecule has 0 fully saturated rings. The fourth-order valence-electron chi connectivity index (χ4n) is 1.98. The molecule has 2 N–H and O–H groups in total. The molecule has 2 aromatic carbocycles. The summed E-state index contributed by atoms with van der Waals surface area (Å²) in [5.74, 6) is 0.348. The van der Waals surface area contributed by atoms with E-state index in [1.807, 2.05) is 12.1 Å². The summed E-state index contributed by atoms with van der Waals surface area (Å²) in [4.78, 5) is 0. The predicted octanol–water partition coefficient (Wildman–Crippen LogP) is 4.07. The van der Waals surface area contributed by atoms with Gasteiger partial charge in [0.1, 0.15) is 11.5 Å². The van der Waals surface area contributed by atoms with E-state index in [0.717, 1.165) is 11.1 Å². The number of benzene rings is 2. The Hall–Kier alpha value is -2.46. The van der Waals surface area contributed by atoms with E-state index in [-0.39, 0.29) is 11.5 Å². The molecule has 3 rings (SSSR count). The van der Waals surface area contributed by atoms with Gasteiger partial charge in [-0.15, -0.1) is 0 Å². The van der Waals surface area contributed by atoms with Crippen molar-refractivity contribution in [3.63, 3.8) is 0 Å². The minimum Gasteiger partial charge on any atom is -0.508 e. The van der Waals surface area contributed by atoms with Crippen LogP contribution in [0.1, 0.15) is 0 Å². The molecule has 0 aliphatic rings. The number of phenolic OH excluding ortho intramolecular Hbond substituents is 2. The van der Waals surface area contributed by atoms with Crippen molar-refractivity contribution in [3.8, 4) is 33.9 Å². The summed E-state index contributed by atoms with van der Waals surface area (Å²) >= 11 is 5.87. The fraction of sp³-hybridized carbons (Fsp3) is 0. The maximum absolute atomic E-state index is 9.91. The van der Waals surface area contributed by atoms with E-state index >= 15 is 0 Å². The number of aromatic hydroxyl groups is 2. The lowest BCUT2D eigenvalue weighted by Crippen LogP contribution is -1.81.